The van der Waals surface area contributed by atoms with Crippen LogP contribution >= 0.6 is 0 Å². The fourth-order valence-electron chi connectivity index (χ4n) is 3.38. The first kappa shape index (κ1) is 16.7. The standard InChI is InChI=1S/C21H16N2O4/c1-2-25-15-9-5-3-7-12(15)17-14(11-22)20(23)27-19-13-8-4-6-10-16(13)26-21(24)18(17)19/h3-10,17H,2,23H2,1H3/t17-/m0/s1. The summed E-state index contributed by atoms with van der Waals surface area (Å²) >= 11 is 0. The van der Waals surface area contributed by atoms with E-state index in [1.165, 1.54) is 0 Å². The second kappa shape index (κ2) is 6.54. The van der Waals surface area contributed by atoms with Crippen LogP contribution in [0.4, 0.5) is 0 Å². The van der Waals surface area contributed by atoms with E-state index >= 15 is 0 Å². The fraction of sp³-hybridized carbons (Fsp3) is 0.143. The highest BCUT2D eigenvalue weighted by molar-refractivity contribution is 5.86. The summed E-state index contributed by atoms with van der Waals surface area (Å²) in [6, 6.07) is 16.4. The molecule has 0 saturated carbocycles. The van der Waals surface area contributed by atoms with Crippen molar-refractivity contribution in [1.29, 1.82) is 5.26 Å². The summed E-state index contributed by atoms with van der Waals surface area (Å²) in [7, 11) is 0. The number of fused-ring (bicyclic) bond motifs is 3. The number of para-hydroxylation sites is 2. The molecule has 0 aliphatic carbocycles. The van der Waals surface area contributed by atoms with E-state index in [0.717, 1.165) is 0 Å². The van der Waals surface area contributed by atoms with Gasteiger partial charge < -0.3 is 19.6 Å². The van der Waals surface area contributed by atoms with Gasteiger partial charge in [-0.05, 0) is 25.1 Å². The molecule has 1 aliphatic rings. The largest absolute Gasteiger partial charge is 0.494 e. The van der Waals surface area contributed by atoms with Crippen LogP contribution in [0.2, 0.25) is 0 Å². The minimum absolute atomic E-state index is 0.0305. The van der Waals surface area contributed by atoms with Gasteiger partial charge in [0.15, 0.2) is 5.75 Å². The molecule has 3 aromatic rings. The molecule has 0 radical (unpaired) electrons. The van der Waals surface area contributed by atoms with E-state index in [4.69, 9.17) is 19.6 Å². The van der Waals surface area contributed by atoms with Gasteiger partial charge in [0.25, 0.3) is 0 Å². The quantitative estimate of drug-likeness (QED) is 0.719. The van der Waals surface area contributed by atoms with Gasteiger partial charge in [-0.2, -0.15) is 5.26 Å². The molecule has 1 aliphatic heterocycles. The van der Waals surface area contributed by atoms with Crippen molar-refractivity contribution < 1.29 is 13.9 Å². The first-order valence-corrected chi connectivity index (χ1v) is 8.50. The molecule has 2 aromatic carbocycles. The van der Waals surface area contributed by atoms with Crippen molar-refractivity contribution in [2.75, 3.05) is 6.61 Å². The van der Waals surface area contributed by atoms with Crippen LogP contribution in [0.1, 0.15) is 24.0 Å². The molecule has 6 heteroatoms. The number of hydrogen-bond acceptors (Lipinski definition) is 6. The maximum absolute atomic E-state index is 12.8. The van der Waals surface area contributed by atoms with Gasteiger partial charge in [-0.15, -0.1) is 0 Å². The number of nitrogens with two attached hydrogens (primary N) is 1. The average Bonchev–Trinajstić information content (AvgIpc) is 2.68. The van der Waals surface area contributed by atoms with E-state index in [2.05, 4.69) is 6.07 Å². The zero-order valence-corrected chi connectivity index (χ0v) is 14.6. The molecule has 0 bridgehead atoms. The minimum atomic E-state index is -0.734. The van der Waals surface area contributed by atoms with Gasteiger partial charge in [-0.1, -0.05) is 30.3 Å². The highest BCUT2D eigenvalue weighted by Gasteiger charge is 2.36. The number of ether oxygens (including phenoxy) is 2. The number of hydrogen-bond donors (Lipinski definition) is 1. The van der Waals surface area contributed by atoms with Crippen LogP contribution in [0.25, 0.3) is 11.0 Å². The molecule has 0 unspecified atom stereocenters. The van der Waals surface area contributed by atoms with E-state index in [1.54, 1.807) is 24.3 Å². The highest BCUT2D eigenvalue weighted by atomic mass is 16.5. The summed E-state index contributed by atoms with van der Waals surface area (Å²) in [5, 5.41) is 10.3. The highest BCUT2D eigenvalue weighted by Crippen LogP contribution is 2.45. The Morgan fingerprint density at radius 3 is 2.70 bits per heavy atom. The van der Waals surface area contributed by atoms with Crippen LogP contribution in [0.3, 0.4) is 0 Å². The first-order valence-electron chi connectivity index (χ1n) is 8.50. The Hall–Kier alpha value is -3.72. The second-order valence-electron chi connectivity index (χ2n) is 6.02. The monoisotopic (exact) mass is 360 g/mol. The predicted octanol–water partition coefficient (Wildman–Crippen LogP) is 3.41. The molecule has 134 valence electrons. The molecule has 27 heavy (non-hydrogen) atoms. The predicted molar refractivity (Wildman–Crippen MR) is 99.4 cm³/mol. The molecule has 6 nitrogen and oxygen atoms in total. The molecule has 0 amide bonds. The molecule has 0 fully saturated rings. The van der Waals surface area contributed by atoms with Crippen molar-refractivity contribution in [3.05, 3.63) is 81.5 Å². The van der Waals surface area contributed by atoms with Gasteiger partial charge in [0, 0.05) is 5.56 Å². The maximum atomic E-state index is 12.8. The average molecular weight is 360 g/mol. The molecule has 0 spiro atoms. The van der Waals surface area contributed by atoms with Crippen molar-refractivity contribution in [3.63, 3.8) is 0 Å². The molecular weight excluding hydrogens is 344 g/mol. The lowest BCUT2D eigenvalue weighted by Crippen LogP contribution is -2.26. The number of allylic oxidation sites excluding steroid dienone is 1. The van der Waals surface area contributed by atoms with E-state index < -0.39 is 11.5 Å². The normalized spacial score (nSPS) is 15.8. The molecule has 2 N–H and O–H groups in total. The topological polar surface area (TPSA) is 98.5 Å². The molecular formula is C21H16N2O4. The minimum Gasteiger partial charge on any atom is -0.494 e. The Bertz CT molecular complexity index is 1170. The van der Waals surface area contributed by atoms with E-state index in [-0.39, 0.29) is 17.0 Å². The third kappa shape index (κ3) is 2.61. The Kier molecular flexibility index (Phi) is 4.05. The number of nitrogens with zero attached hydrogens (tertiary/aromatic N) is 1. The van der Waals surface area contributed by atoms with Crippen molar-refractivity contribution in [2.45, 2.75) is 12.8 Å². The van der Waals surface area contributed by atoms with E-state index in [0.29, 0.717) is 34.6 Å². The number of rotatable bonds is 3. The van der Waals surface area contributed by atoms with E-state index in [1.807, 2.05) is 31.2 Å². The van der Waals surface area contributed by atoms with Gasteiger partial charge in [-0.25, -0.2) is 4.79 Å². The third-order valence-electron chi connectivity index (χ3n) is 4.50. The molecule has 1 atom stereocenters. The third-order valence-corrected chi connectivity index (χ3v) is 4.50. The summed E-state index contributed by atoms with van der Waals surface area (Å²) in [6.45, 7) is 2.31. The van der Waals surface area contributed by atoms with Gasteiger partial charge in [0.05, 0.1) is 23.5 Å². The molecule has 1 aromatic heterocycles. The number of benzene rings is 2. The summed E-state index contributed by atoms with van der Waals surface area (Å²) in [6.07, 6.45) is 0. The first-order chi connectivity index (χ1) is 13.2. The van der Waals surface area contributed by atoms with Gasteiger partial charge >= 0.3 is 5.63 Å². The van der Waals surface area contributed by atoms with Gasteiger partial charge in [0.2, 0.25) is 5.88 Å². The Morgan fingerprint density at radius 2 is 1.93 bits per heavy atom. The van der Waals surface area contributed by atoms with Crippen molar-refractivity contribution >= 4 is 11.0 Å². The van der Waals surface area contributed by atoms with Crippen molar-refractivity contribution in [2.24, 2.45) is 5.73 Å². The molecule has 2 heterocycles. The van der Waals surface area contributed by atoms with Crippen LogP contribution in [-0.4, -0.2) is 6.61 Å². The number of nitriles is 1. The molecule has 0 saturated heterocycles. The lowest BCUT2D eigenvalue weighted by Gasteiger charge is -2.27. The zero-order chi connectivity index (χ0) is 19.0. The summed E-state index contributed by atoms with van der Waals surface area (Å²) in [5.41, 5.74) is 6.93. The van der Waals surface area contributed by atoms with Crippen molar-refractivity contribution in [1.82, 2.24) is 0 Å². The van der Waals surface area contributed by atoms with Crippen LogP contribution in [0.15, 0.2) is 69.2 Å². The van der Waals surface area contributed by atoms with Crippen LogP contribution < -0.4 is 20.8 Å². The smallest absolute Gasteiger partial charge is 0.344 e. The van der Waals surface area contributed by atoms with Crippen molar-refractivity contribution in [3.8, 4) is 17.6 Å². The van der Waals surface area contributed by atoms with E-state index in [9.17, 15) is 10.1 Å². The lowest BCUT2D eigenvalue weighted by atomic mass is 9.83. The van der Waals surface area contributed by atoms with Gasteiger partial charge in [0.1, 0.15) is 23.0 Å². The fourth-order valence-corrected chi connectivity index (χ4v) is 3.38. The Labute approximate surface area is 155 Å². The van der Waals surface area contributed by atoms with Gasteiger partial charge in [-0.3, -0.25) is 0 Å². The SMILES string of the molecule is CCOc1ccccc1[C@H]1C(C#N)=C(N)Oc2c1c(=O)oc1ccccc21. The summed E-state index contributed by atoms with van der Waals surface area (Å²) < 4.78 is 16.9. The van der Waals surface area contributed by atoms with Crippen LogP contribution in [0.5, 0.6) is 11.5 Å². The second-order valence-corrected chi connectivity index (χ2v) is 6.02. The van der Waals surface area contributed by atoms with Crippen LogP contribution in [0, 0.1) is 11.3 Å². The maximum Gasteiger partial charge on any atom is 0.344 e. The zero-order valence-electron chi connectivity index (χ0n) is 14.6. The Morgan fingerprint density at radius 1 is 1.19 bits per heavy atom. The summed E-state index contributed by atoms with van der Waals surface area (Å²) in [4.78, 5) is 12.8. The Balaban J connectivity index is 2.07. The summed E-state index contributed by atoms with van der Waals surface area (Å²) in [5.74, 6) is 0.125. The van der Waals surface area contributed by atoms with Crippen LogP contribution in [-0.2, 0) is 0 Å². The molecule has 4 rings (SSSR count). The lowest BCUT2D eigenvalue weighted by molar-refractivity contribution is 0.334.